The van der Waals surface area contributed by atoms with Gasteiger partial charge in [-0.15, -0.1) is 0 Å². The van der Waals surface area contributed by atoms with E-state index >= 15 is 0 Å². The van der Waals surface area contributed by atoms with Crippen molar-refractivity contribution in [3.05, 3.63) is 23.8 Å². The van der Waals surface area contributed by atoms with Gasteiger partial charge in [0.2, 0.25) is 0 Å². The third-order valence-corrected chi connectivity index (χ3v) is 7.64. The van der Waals surface area contributed by atoms with Gasteiger partial charge in [0.15, 0.2) is 0 Å². The number of aromatic nitrogens is 2. The second-order valence-electron chi connectivity index (χ2n) is 9.88. The van der Waals surface area contributed by atoms with Crippen LogP contribution in [0, 0.1) is 17.8 Å². The van der Waals surface area contributed by atoms with Crippen molar-refractivity contribution in [2.75, 3.05) is 0 Å². The highest BCUT2D eigenvalue weighted by molar-refractivity contribution is 5.08. The van der Waals surface area contributed by atoms with Crippen LogP contribution in [0.4, 0.5) is 0 Å². The Kier molecular flexibility index (Phi) is 9.28. The van der Waals surface area contributed by atoms with Crippen LogP contribution < -0.4 is 0 Å². The van der Waals surface area contributed by atoms with E-state index in [0.717, 1.165) is 30.0 Å². The number of hydrogen-bond acceptors (Lipinski definition) is 2. The lowest BCUT2D eigenvalue weighted by Crippen LogP contribution is -2.18. The van der Waals surface area contributed by atoms with Gasteiger partial charge in [0.1, 0.15) is 5.82 Å². The van der Waals surface area contributed by atoms with Crippen molar-refractivity contribution in [2.45, 2.75) is 122 Å². The van der Waals surface area contributed by atoms with E-state index in [-0.39, 0.29) is 0 Å². The van der Waals surface area contributed by atoms with Crippen molar-refractivity contribution in [3.8, 4) is 0 Å². The molecule has 0 radical (unpaired) electrons. The van der Waals surface area contributed by atoms with E-state index in [1.54, 1.807) is 0 Å². The summed E-state index contributed by atoms with van der Waals surface area (Å²) in [7, 11) is 0. The maximum atomic E-state index is 4.69. The van der Waals surface area contributed by atoms with Crippen LogP contribution >= 0.6 is 0 Å². The van der Waals surface area contributed by atoms with Crippen LogP contribution in [0.25, 0.3) is 0 Å². The topological polar surface area (TPSA) is 25.8 Å². The van der Waals surface area contributed by atoms with Crippen molar-refractivity contribution >= 4 is 0 Å². The molecule has 1 aromatic rings. The number of aryl methyl sites for hydroxylation is 1. The highest BCUT2D eigenvalue weighted by Crippen LogP contribution is 2.39. The molecule has 2 aliphatic carbocycles. The molecule has 2 fully saturated rings. The molecule has 2 heteroatoms. The predicted octanol–water partition coefficient (Wildman–Crippen LogP) is 7.87. The quantitative estimate of drug-likeness (QED) is 0.383. The summed E-state index contributed by atoms with van der Waals surface area (Å²) in [6.45, 7) is 4.54. The molecule has 0 N–H and O–H groups in total. The van der Waals surface area contributed by atoms with Crippen molar-refractivity contribution in [1.82, 2.24) is 9.97 Å². The Bertz CT molecular complexity index is 522. The van der Waals surface area contributed by atoms with Gasteiger partial charge in [-0.05, 0) is 55.4 Å². The minimum absolute atomic E-state index is 0.616. The molecule has 0 amide bonds. The lowest BCUT2D eigenvalue weighted by Gasteiger charge is -2.31. The molecule has 0 atom stereocenters. The molecule has 2 saturated carbocycles. The minimum Gasteiger partial charge on any atom is -0.241 e. The fraction of sp³-hybridized carbons (Fsp3) is 0.846. The Morgan fingerprint density at radius 1 is 0.679 bits per heavy atom. The molecule has 28 heavy (non-hydrogen) atoms. The third-order valence-electron chi connectivity index (χ3n) is 7.64. The number of nitrogens with zero attached hydrogens (tertiary/aromatic N) is 2. The zero-order valence-electron chi connectivity index (χ0n) is 18.7. The Morgan fingerprint density at radius 3 is 1.75 bits per heavy atom. The third kappa shape index (κ3) is 6.85. The van der Waals surface area contributed by atoms with E-state index in [1.807, 2.05) is 0 Å². The van der Waals surface area contributed by atoms with Crippen LogP contribution in [0.3, 0.4) is 0 Å². The predicted molar refractivity (Wildman–Crippen MR) is 120 cm³/mol. The van der Waals surface area contributed by atoms with Crippen LogP contribution in [0.15, 0.2) is 12.4 Å². The van der Waals surface area contributed by atoms with Gasteiger partial charge >= 0.3 is 0 Å². The van der Waals surface area contributed by atoms with Crippen molar-refractivity contribution in [1.29, 1.82) is 0 Å². The number of hydrogen-bond donors (Lipinski definition) is 0. The molecule has 0 spiro atoms. The van der Waals surface area contributed by atoms with Crippen LogP contribution in [-0.4, -0.2) is 9.97 Å². The monoisotopic (exact) mass is 384 g/mol. The molecule has 158 valence electrons. The summed E-state index contributed by atoms with van der Waals surface area (Å²) in [6.07, 6.45) is 26.7. The average molecular weight is 385 g/mol. The van der Waals surface area contributed by atoms with Gasteiger partial charge in [-0.25, -0.2) is 9.97 Å². The first kappa shape index (κ1) is 21.8. The first-order valence-electron chi connectivity index (χ1n) is 12.6. The molecule has 3 rings (SSSR count). The van der Waals surface area contributed by atoms with Gasteiger partial charge < -0.3 is 0 Å². The largest absolute Gasteiger partial charge is 0.241 e. The molecule has 2 aliphatic rings. The molecule has 0 aliphatic heterocycles. The summed E-state index contributed by atoms with van der Waals surface area (Å²) in [5, 5.41) is 0. The molecule has 0 bridgehead atoms. The van der Waals surface area contributed by atoms with Crippen molar-refractivity contribution < 1.29 is 0 Å². The van der Waals surface area contributed by atoms with E-state index in [4.69, 9.17) is 0 Å². The second kappa shape index (κ2) is 11.9. The van der Waals surface area contributed by atoms with Gasteiger partial charge in [-0.2, -0.15) is 0 Å². The van der Waals surface area contributed by atoms with Crippen LogP contribution in [0.2, 0.25) is 0 Å². The van der Waals surface area contributed by atoms with Gasteiger partial charge in [0, 0.05) is 18.3 Å². The molecular formula is C26H44N2. The number of unbranched alkanes of at least 4 members (excludes halogenated alkanes) is 2. The summed E-state index contributed by atoms with van der Waals surface area (Å²) in [4.78, 5) is 9.38. The summed E-state index contributed by atoms with van der Waals surface area (Å²) >= 11 is 0. The zero-order chi connectivity index (χ0) is 19.6. The van der Waals surface area contributed by atoms with E-state index in [0.29, 0.717) is 5.92 Å². The van der Waals surface area contributed by atoms with Crippen LogP contribution in [0.5, 0.6) is 0 Å². The van der Waals surface area contributed by atoms with Gasteiger partial charge in [0.05, 0.1) is 0 Å². The molecule has 0 unspecified atom stereocenters. The van der Waals surface area contributed by atoms with Crippen LogP contribution in [0.1, 0.15) is 127 Å². The summed E-state index contributed by atoms with van der Waals surface area (Å²) in [5.74, 6) is 4.79. The zero-order valence-corrected chi connectivity index (χ0v) is 18.7. The molecular weight excluding hydrogens is 340 g/mol. The minimum atomic E-state index is 0.616. The lowest BCUT2D eigenvalue weighted by molar-refractivity contribution is 0.221. The van der Waals surface area contributed by atoms with Gasteiger partial charge in [-0.1, -0.05) is 84.5 Å². The van der Waals surface area contributed by atoms with Gasteiger partial charge in [0.25, 0.3) is 0 Å². The molecule has 1 aromatic heterocycles. The normalized spacial score (nSPS) is 28.4. The second-order valence-corrected chi connectivity index (χ2v) is 9.88. The molecule has 0 saturated heterocycles. The van der Waals surface area contributed by atoms with E-state index in [1.165, 1.54) is 102 Å². The van der Waals surface area contributed by atoms with Crippen molar-refractivity contribution in [3.63, 3.8) is 0 Å². The Balaban J connectivity index is 1.31. The van der Waals surface area contributed by atoms with Crippen LogP contribution in [-0.2, 0) is 6.42 Å². The van der Waals surface area contributed by atoms with E-state index in [9.17, 15) is 0 Å². The molecule has 1 heterocycles. The first-order chi connectivity index (χ1) is 13.8. The molecule has 2 nitrogen and oxygen atoms in total. The van der Waals surface area contributed by atoms with Gasteiger partial charge in [-0.3, -0.25) is 0 Å². The number of rotatable bonds is 10. The Morgan fingerprint density at radius 2 is 1.21 bits per heavy atom. The Hall–Kier alpha value is -0.920. The van der Waals surface area contributed by atoms with E-state index < -0.39 is 0 Å². The fourth-order valence-corrected chi connectivity index (χ4v) is 5.67. The summed E-state index contributed by atoms with van der Waals surface area (Å²) < 4.78 is 0. The first-order valence-corrected chi connectivity index (χ1v) is 12.6. The maximum absolute atomic E-state index is 4.69. The Labute approximate surface area is 174 Å². The highest BCUT2D eigenvalue weighted by atomic mass is 14.9. The summed E-state index contributed by atoms with van der Waals surface area (Å²) in [6, 6.07) is 0. The smallest absolute Gasteiger partial charge is 0.131 e. The van der Waals surface area contributed by atoms with Crippen molar-refractivity contribution in [2.24, 2.45) is 17.8 Å². The van der Waals surface area contributed by atoms with E-state index in [2.05, 4.69) is 36.2 Å². The standard InChI is InChI=1S/C26H44N2/c1-3-5-6-8-21-9-11-22(12-10-21)13-14-23-15-17-25(18-16-23)26-27-19-24(7-4-2)20-28-26/h19-23,25H,3-18H2,1-2H3. The highest BCUT2D eigenvalue weighted by Gasteiger charge is 2.26. The maximum Gasteiger partial charge on any atom is 0.131 e. The molecule has 0 aromatic carbocycles. The SMILES string of the molecule is CCCCCC1CCC(CCC2CCC(c3ncc(CCC)cn3)CC2)CC1. The average Bonchev–Trinajstić information content (AvgIpc) is 2.75. The summed E-state index contributed by atoms with van der Waals surface area (Å²) in [5.41, 5.74) is 1.29. The lowest BCUT2D eigenvalue weighted by atomic mass is 9.74. The fourth-order valence-electron chi connectivity index (χ4n) is 5.67.